The molecule has 0 bridgehead atoms. The lowest BCUT2D eigenvalue weighted by molar-refractivity contribution is 0.0999. The summed E-state index contributed by atoms with van der Waals surface area (Å²) in [6.45, 7) is 2.00. The molecule has 2 rings (SSSR count). The predicted molar refractivity (Wildman–Crippen MR) is 82.1 cm³/mol. The molecule has 0 heterocycles. The number of carbonyl (C=O) groups is 2. The van der Waals surface area contributed by atoms with Crippen LogP contribution >= 0.6 is 0 Å². The van der Waals surface area contributed by atoms with Crippen LogP contribution in [-0.4, -0.2) is 11.8 Å². The van der Waals surface area contributed by atoms with Crippen molar-refractivity contribution in [2.24, 2.45) is 11.5 Å². The van der Waals surface area contributed by atoms with Crippen LogP contribution in [0.3, 0.4) is 0 Å². The van der Waals surface area contributed by atoms with E-state index in [4.69, 9.17) is 11.5 Å². The van der Waals surface area contributed by atoms with Crippen LogP contribution in [0.1, 0.15) is 51.1 Å². The van der Waals surface area contributed by atoms with Crippen LogP contribution in [0.25, 0.3) is 0 Å². The molecule has 0 saturated heterocycles. The van der Waals surface area contributed by atoms with E-state index in [1.807, 2.05) is 37.3 Å². The van der Waals surface area contributed by atoms with Gasteiger partial charge in [0, 0.05) is 17.0 Å². The van der Waals surface area contributed by atoms with E-state index < -0.39 is 11.8 Å². The molecule has 1 unspecified atom stereocenters. The van der Waals surface area contributed by atoms with Crippen LogP contribution in [0.15, 0.2) is 48.5 Å². The fourth-order valence-corrected chi connectivity index (χ4v) is 2.66. The van der Waals surface area contributed by atoms with Crippen LogP contribution in [0.5, 0.6) is 0 Å². The van der Waals surface area contributed by atoms with Crippen molar-refractivity contribution < 1.29 is 9.59 Å². The summed E-state index contributed by atoms with van der Waals surface area (Å²) in [4.78, 5) is 23.4. The van der Waals surface area contributed by atoms with Gasteiger partial charge in [-0.1, -0.05) is 43.3 Å². The highest BCUT2D eigenvalue weighted by molar-refractivity contribution is 6.01. The maximum atomic E-state index is 11.7. The Kier molecular flexibility index (Phi) is 4.38. The average Bonchev–Trinajstić information content (AvgIpc) is 2.48. The van der Waals surface area contributed by atoms with Crippen molar-refractivity contribution in [3.8, 4) is 0 Å². The highest BCUT2D eigenvalue weighted by atomic mass is 16.1. The van der Waals surface area contributed by atoms with E-state index in [0.717, 1.165) is 12.0 Å². The molecule has 0 spiro atoms. The quantitative estimate of drug-likeness (QED) is 0.882. The first kappa shape index (κ1) is 14.8. The van der Waals surface area contributed by atoms with Gasteiger partial charge in [0.2, 0.25) is 11.8 Å². The monoisotopic (exact) mass is 282 g/mol. The van der Waals surface area contributed by atoms with Crippen molar-refractivity contribution in [1.29, 1.82) is 0 Å². The van der Waals surface area contributed by atoms with Crippen molar-refractivity contribution in [1.82, 2.24) is 0 Å². The topological polar surface area (TPSA) is 86.2 Å². The molecule has 0 saturated carbocycles. The van der Waals surface area contributed by atoms with Gasteiger partial charge in [-0.15, -0.1) is 0 Å². The second-order valence-electron chi connectivity index (χ2n) is 4.87. The number of hydrogen-bond donors (Lipinski definition) is 2. The first-order valence-corrected chi connectivity index (χ1v) is 6.83. The van der Waals surface area contributed by atoms with Gasteiger partial charge < -0.3 is 11.5 Å². The second-order valence-corrected chi connectivity index (χ2v) is 4.87. The van der Waals surface area contributed by atoms with E-state index in [-0.39, 0.29) is 5.92 Å². The van der Waals surface area contributed by atoms with E-state index in [9.17, 15) is 9.59 Å². The summed E-state index contributed by atoms with van der Waals surface area (Å²) in [7, 11) is 0. The van der Waals surface area contributed by atoms with E-state index in [2.05, 4.69) is 0 Å². The van der Waals surface area contributed by atoms with Gasteiger partial charge in [0.25, 0.3) is 0 Å². The van der Waals surface area contributed by atoms with Gasteiger partial charge >= 0.3 is 0 Å². The van der Waals surface area contributed by atoms with Crippen molar-refractivity contribution in [3.63, 3.8) is 0 Å². The smallest absolute Gasteiger partial charge is 0.249 e. The molecular weight excluding hydrogens is 264 g/mol. The average molecular weight is 282 g/mol. The number of carbonyl (C=O) groups excluding carboxylic acids is 2. The molecule has 2 amide bonds. The largest absolute Gasteiger partial charge is 0.366 e. The maximum Gasteiger partial charge on any atom is 0.249 e. The molecule has 108 valence electrons. The molecule has 0 aliphatic rings. The third-order valence-corrected chi connectivity index (χ3v) is 3.60. The fraction of sp³-hybridized carbons (Fsp3) is 0.176. The number of benzene rings is 2. The lowest BCUT2D eigenvalue weighted by Gasteiger charge is -2.21. The molecule has 0 aromatic heterocycles. The molecule has 0 fully saturated rings. The Morgan fingerprint density at radius 1 is 0.905 bits per heavy atom. The second kappa shape index (κ2) is 6.22. The van der Waals surface area contributed by atoms with Crippen molar-refractivity contribution in [2.45, 2.75) is 19.3 Å². The summed E-state index contributed by atoms with van der Waals surface area (Å²) in [5, 5.41) is 0. The lowest BCUT2D eigenvalue weighted by atomic mass is 9.83. The van der Waals surface area contributed by atoms with Crippen LogP contribution in [0.2, 0.25) is 0 Å². The summed E-state index contributed by atoms with van der Waals surface area (Å²) in [6.07, 6.45) is 0.731. The van der Waals surface area contributed by atoms with Gasteiger partial charge in [-0.3, -0.25) is 9.59 Å². The van der Waals surface area contributed by atoms with E-state index in [1.165, 1.54) is 0 Å². The Bertz CT molecular complexity index is 633. The van der Waals surface area contributed by atoms with Gasteiger partial charge in [0.1, 0.15) is 0 Å². The van der Waals surface area contributed by atoms with Gasteiger partial charge in [-0.05, 0) is 29.7 Å². The maximum absolute atomic E-state index is 11.7. The number of rotatable bonds is 5. The van der Waals surface area contributed by atoms with E-state index in [0.29, 0.717) is 16.7 Å². The predicted octanol–water partition coefficient (Wildman–Crippen LogP) is 2.43. The fourth-order valence-electron chi connectivity index (χ4n) is 2.66. The minimum absolute atomic E-state index is 0.0996. The lowest BCUT2D eigenvalue weighted by Crippen LogP contribution is -2.22. The summed E-state index contributed by atoms with van der Waals surface area (Å²) in [5.74, 6) is -1.21. The minimum atomic E-state index is -0.553. The van der Waals surface area contributed by atoms with Gasteiger partial charge in [0.15, 0.2) is 0 Å². The summed E-state index contributed by atoms with van der Waals surface area (Å²) < 4.78 is 0. The Balaban J connectivity index is 2.69. The Hall–Kier alpha value is -2.62. The molecular formula is C17H18N2O2. The molecule has 0 radical (unpaired) electrons. The summed E-state index contributed by atoms with van der Waals surface area (Å²) >= 11 is 0. The zero-order chi connectivity index (χ0) is 15.4. The molecule has 4 heteroatoms. The third-order valence-electron chi connectivity index (χ3n) is 3.60. The molecule has 4 nitrogen and oxygen atoms in total. The Morgan fingerprint density at radius 3 is 1.86 bits per heavy atom. The third kappa shape index (κ3) is 2.94. The highest BCUT2D eigenvalue weighted by Crippen LogP contribution is 2.32. The summed E-state index contributed by atoms with van der Waals surface area (Å²) in [5.41, 5.74) is 13.3. The summed E-state index contributed by atoms with van der Waals surface area (Å²) in [6, 6.07) is 14.6. The Labute approximate surface area is 123 Å². The van der Waals surface area contributed by atoms with Gasteiger partial charge in [0.05, 0.1) is 0 Å². The number of hydrogen-bond acceptors (Lipinski definition) is 2. The normalized spacial score (nSPS) is 11.9. The highest BCUT2D eigenvalue weighted by Gasteiger charge is 2.23. The number of primary amides is 2. The van der Waals surface area contributed by atoms with Crippen LogP contribution in [0.4, 0.5) is 0 Å². The zero-order valence-electron chi connectivity index (χ0n) is 11.9. The number of amides is 2. The van der Waals surface area contributed by atoms with Crippen LogP contribution < -0.4 is 11.5 Å². The number of nitrogens with two attached hydrogens (primary N) is 2. The first-order valence-electron chi connectivity index (χ1n) is 6.83. The molecule has 2 aromatic carbocycles. The first-order chi connectivity index (χ1) is 10.1. The van der Waals surface area contributed by atoms with Crippen molar-refractivity contribution in [3.05, 3.63) is 70.8 Å². The van der Waals surface area contributed by atoms with Crippen LogP contribution in [0, 0.1) is 0 Å². The van der Waals surface area contributed by atoms with E-state index in [1.54, 1.807) is 18.2 Å². The van der Waals surface area contributed by atoms with Crippen molar-refractivity contribution >= 4 is 11.8 Å². The SMILES string of the molecule is CCC(c1ccccc1)c1c(C(N)=O)cccc1C(N)=O. The van der Waals surface area contributed by atoms with Gasteiger partial charge in [-0.25, -0.2) is 0 Å². The van der Waals surface area contributed by atoms with Crippen LogP contribution in [-0.2, 0) is 0 Å². The zero-order valence-corrected chi connectivity index (χ0v) is 11.9. The molecule has 21 heavy (non-hydrogen) atoms. The molecule has 0 aliphatic carbocycles. The van der Waals surface area contributed by atoms with Gasteiger partial charge in [-0.2, -0.15) is 0 Å². The Morgan fingerprint density at radius 2 is 1.43 bits per heavy atom. The standard InChI is InChI=1S/C17H18N2O2/c1-2-12(11-7-4-3-5-8-11)15-13(16(18)20)9-6-10-14(15)17(19)21/h3-10,12H,2H2,1H3,(H2,18,20)(H2,19,21). The molecule has 1 atom stereocenters. The molecule has 4 N–H and O–H groups in total. The van der Waals surface area contributed by atoms with Crippen molar-refractivity contribution in [2.75, 3.05) is 0 Å². The molecule has 2 aromatic rings. The minimum Gasteiger partial charge on any atom is -0.366 e. The molecule has 0 aliphatic heterocycles. The van der Waals surface area contributed by atoms with E-state index >= 15 is 0 Å².